The number of ether oxygens (including phenoxy) is 1. The second-order valence-corrected chi connectivity index (χ2v) is 6.46. The van der Waals surface area contributed by atoms with Gasteiger partial charge in [-0.3, -0.25) is 0 Å². The smallest absolute Gasteiger partial charge is 0.360 e. The minimum atomic E-state index is -0.403. The molecule has 5 rings (SSSR count). The molecule has 2 heterocycles. The number of benzene rings is 3. The summed E-state index contributed by atoms with van der Waals surface area (Å²) in [5.41, 5.74) is 4.38. The Kier molecular flexibility index (Phi) is 3.54. The molecule has 27 heavy (non-hydrogen) atoms. The Labute approximate surface area is 155 Å². The third-order valence-electron chi connectivity index (χ3n) is 4.64. The van der Waals surface area contributed by atoms with Crippen molar-refractivity contribution in [3.8, 4) is 17.0 Å². The second kappa shape index (κ2) is 6.18. The number of fused-ring (bicyclic) bond motifs is 2. The number of carbonyl (C=O) groups excluding carboxylic acids is 1. The molecule has 0 saturated heterocycles. The maximum Gasteiger partial charge on any atom is 0.360 e. The number of para-hydroxylation sites is 2. The third-order valence-corrected chi connectivity index (χ3v) is 4.64. The van der Waals surface area contributed by atoms with E-state index in [1.165, 1.54) is 0 Å². The van der Waals surface area contributed by atoms with Crippen LogP contribution in [0.4, 0.5) is 0 Å². The van der Waals surface area contributed by atoms with Crippen molar-refractivity contribution in [1.82, 2.24) is 9.97 Å². The highest BCUT2D eigenvalue weighted by molar-refractivity contribution is 5.96. The zero-order valence-corrected chi connectivity index (χ0v) is 14.4. The first-order chi connectivity index (χ1) is 13.3. The van der Waals surface area contributed by atoms with Crippen molar-refractivity contribution in [1.29, 1.82) is 0 Å². The highest BCUT2D eigenvalue weighted by atomic mass is 16.5. The molecule has 2 aromatic heterocycles. The highest BCUT2D eigenvalue weighted by Gasteiger charge is 2.13. The van der Waals surface area contributed by atoms with Crippen molar-refractivity contribution >= 4 is 27.8 Å². The quantitative estimate of drug-likeness (QED) is 0.331. The summed E-state index contributed by atoms with van der Waals surface area (Å²) in [4.78, 5) is 19.0. The van der Waals surface area contributed by atoms with Crippen molar-refractivity contribution in [3.05, 3.63) is 90.6 Å². The predicted octanol–water partition coefficient (Wildman–Crippen LogP) is 5.54. The minimum absolute atomic E-state index is 0.403. The maximum atomic E-state index is 12.5. The van der Waals surface area contributed by atoms with E-state index in [2.05, 4.69) is 22.1 Å². The van der Waals surface area contributed by atoms with Gasteiger partial charge in [0.05, 0.1) is 0 Å². The zero-order valence-electron chi connectivity index (χ0n) is 14.4. The van der Waals surface area contributed by atoms with Gasteiger partial charge in [-0.2, -0.15) is 0 Å². The normalized spacial score (nSPS) is 11.1. The summed E-state index contributed by atoms with van der Waals surface area (Å²) in [6.07, 6.45) is 0. The van der Waals surface area contributed by atoms with Crippen LogP contribution in [0, 0.1) is 0 Å². The molecule has 3 aromatic carbocycles. The van der Waals surface area contributed by atoms with Gasteiger partial charge in [0, 0.05) is 33.1 Å². The summed E-state index contributed by atoms with van der Waals surface area (Å²) >= 11 is 0. The molecule has 0 atom stereocenters. The lowest BCUT2D eigenvalue weighted by atomic mass is 10.1. The van der Waals surface area contributed by atoms with Crippen molar-refractivity contribution in [3.63, 3.8) is 0 Å². The Balaban J connectivity index is 1.43. The van der Waals surface area contributed by atoms with Crippen LogP contribution in [0.2, 0.25) is 0 Å². The van der Waals surface area contributed by atoms with Crippen LogP contribution in [0.3, 0.4) is 0 Å². The highest BCUT2D eigenvalue weighted by Crippen LogP contribution is 2.27. The average molecular weight is 352 g/mol. The van der Waals surface area contributed by atoms with E-state index in [9.17, 15) is 4.79 Å². The Morgan fingerprint density at radius 1 is 0.704 bits per heavy atom. The summed E-state index contributed by atoms with van der Waals surface area (Å²) in [5, 5.41) is 2.13. The number of aromatic nitrogens is 2. The summed E-state index contributed by atoms with van der Waals surface area (Å²) in [6.45, 7) is 0. The van der Waals surface area contributed by atoms with E-state index in [-0.39, 0.29) is 0 Å². The van der Waals surface area contributed by atoms with E-state index in [4.69, 9.17) is 4.74 Å². The fraction of sp³-hybridized carbons (Fsp3) is 0. The van der Waals surface area contributed by atoms with Crippen LogP contribution in [0.5, 0.6) is 5.75 Å². The van der Waals surface area contributed by atoms with E-state index in [1.807, 2.05) is 60.7 Å². The van der Waals surface area contributed by atoms with Crippen LogP contribution in [-0.4, -0.2) is 15.9 Å². The van der Waals surface area contributed by atoms with Gasteiger partial charge in [-0.1, -0.05) is 48.5 Å². The largest absolute Gasteiger partial charge is 0.422 e. The molecule has 0 spiro atoms. The van der Waals surface area contributed by atoms with Crippen LogP contribution in [-0.2, 0) is 0 Å². The summed E-state index contributed by atoms with van der Waals surface area (Å²) in [5.74, 6) is 0.106. The van der Waals surface area contributed by atoms with Crippen LogP contribution in [0.25, 0.3) is 33.1 Å². The van der Waals surface area contributed by atoms with Gasteiger partial charge in [0.25, 0.3) is 0 Å². The third kappa shape index (κ3) is 2.87. The van der Waals surface area contributed by atoms with Gasteiger partial charge in [-0.05, 0) is 36.4 Å². The molecule has 0 radical (unpaired) electrons. The molecule has 0 bridgehead atoms. The Morgan fingerprint density at radius 2 is 1.41 bits per heavy atom. The van der Waals surface area contributed by atoms with Crippen LogP contribution < -0.4 is 4.74 Å². The number of esters is 1. The van der Waals surface area contributed by atoms with E-state index in [0.29, 0.717) is 11.4 Å². The minimum Gasteiger partial charge on any atom is -0.422 e. The van der Waals surface area contributed by atoms with Crippen molar-refractivity contribution in [2.24, 2.45) is 0 Å². The molecule has 5 aromatic rings. The standard InChI is InChI=1S/C23H16N2O2/c26-23(22-14-17-7-2-4-11-20(17)25-22)27-18-9-5-8-15(12-18)21-13-16-6-1-3-10-19(16)24-21/h1-14,24-25H. The van der Waals surface area contributed by atoms with Gasteiger partial charge in [-0.15, -0.1) is 0 Å². The molecule has 4 heteroatoms. The number of H-pyrrole nitrogens is 2. The molecule has 0 unspecified atom stereocenters. The molecule has 0 saturated carbocycles. The first-order valence-corrected chi connectivity index (χ1v) is 8.74. The number of nitrogens with one attached hydrogen (secondary N) is 2. The van der Waals surface area contributed by atoms with Gasteiger partial charge < -0.3 is 14.7 Å². The second-order valence-electron chi connectivity index (χ2n) is 6.46. The molecule has 130 valence electrons. The topological polar surface area (TPSA) is 57.9 Å². The number of aromatic amines is 2. The zero-order chi connectivity index (χ0) is 18.2. The van der Waals surface area contributed by atoms with E-state index < -0.39 is 5.97 Å². The molecule has 0 fully saturated rings. The summed E-state index contributed by atoms with van der Waals surface area (Å²) in [6, 6.07) is 27.3. The van der Waals surface area contributed by atoms with Crippen molar-refractivity contribution < 1.29 is 9.53 Å². The maximum absolute atomic E-state index is 12.5. The lowest BCUT2D eigenvalue weighted by molar-refractivity contribution is 0.0729. The summed E-state index contributed by atoms with van der Waals surface area (Å²) < 4.78 is 5.58. The number of hydrogen-bond donors (Lipinski definition) is 2. The predicted molar refractivity (Wildman–Crippen MR) is 107 cm³/mol. The molecule has 0 aliphatic carbocycles. The Morgan fingerprint density at radius 3 is 2.15 bits per heavy atom. The lowest BCUT2D eigenvalue weighted by Crippen LogP contribution is -2.08. The molecule has 0 amide bonds. The number of hydrogen-bond acceptors (Lipinski definition) is 2. The van der Waals surface area contributed by atoms with Crippen LogP contribution in [0.15, 0.2) is 84.9 Å². The van der Waals surface area contributed by atoms with Gasteiger partial charge >= 0.3 is 5.97 Å². The number of rotatable bonds is 3. The Hall–Kier alpha value is -3.79. The van der Waals surface area contributed by atoms with E-state index in [1.54, 1.807) is 12.1 Å². The van der Waals surface area contributed by atoms with E-state index >= 15 is 0 Å². The lowest BCUT2D eigenvalue weighted by Gasteiger charge is -2.05. The van der Waals surface area contributed by atoms with Crippen LogP contribution >= 0.6 is 0 Å². The fourth-order valence-electron chi connectivity index (χ4n) is 3.30. The fourth-order valence-corrected chi connectivity index (χ4v) is 3.30. The SMILES string of the molecule is O=C(Oc1cccc(-c2cc3ccccc3[nH]2)c1)c1cc2ccccc2[nH]1. The molecule has 2 N–H and O–H groups in total. The van der Waals surface area contributed by atoms with Crippen molar-refractivity contribution in [2.75, 3.05) is 0 Å². The average Bonchev–Trinajstić information content (AvgIpc) is 3.32. The van der Waals surface area contributed by atoms with Gasteiger partial charge in [0.2, 0.25) is 0 Å². The first-order valence-electron chi connectivity index (χ1n) is 8.74. The number of carbonyl (C=O) groups is 1. The van der Waals surface area contributed by atoms with Crippen molar-refractivity contribution in [2.45, 2.75) is 0 Å². The Bertz CT molecular complexity index is 1210. The van der Waals surface area contributed by atoms with Gasteiger partial charge in [0.15, 0.2) is 0 Å². The van der Waals surface area contributed by atoms with Gasteiger partial charge in [0.1, 0.15) is 11.4 Å². The molecular formula is C23H16N2O2. The van der Waals surface area contributed by atoms with Crippen LogP contribution in [0.1, 0.15) is 10.5 Å². The molecular weight excluding hydrogens is 336 g/mol. The summed E-state index contributed by atoms with van der Waals surface area (Å²) in [7, 11) is 0. The monoisotopic (exact) mass is 352 g/mol. The van der Waals surface area contributed by atoms with E-state index in [0.717, 1.165) is 33.1 Å². The first kappa shape index (κ1) is 15.5. The molecule has 0 aliphatic rings. The molecule has 4 nitrogen and oxygen atoms in total. The van der Waals surface area contributed by atoms with Gasteiger partial charge in [-0.25, -0.2) is 4.79 Å². The molecule has 0 aliphatic heterocycles.